The van der Waals surface area contributed by atoms with Crippen LogP contribution in [0.25, 0.3) is 11.3 Å². The van der Waals surface area contributed by atoms with Gasteiger partial charge in [-0.05, 0) is 110 Å². The third-order valence-corrected chi connectivity index (χ3v) is 10.1. The van der Waals surface area contributed by atoms with E-state index in [1.54, 1.807) is 12.1 Å². The van der Waals surface area contributed by atoms with Crippen molar-refractivity contribution in [2.45, 2.75) is 71.3 Å². The van der Waals surface area contributed by atoms with Crippen molar-refractivity contribution in [3.05, 3.63) is 48.4 Å². The summed E-state index contributed by atoms with van der Waals surface area (Å²) in [5, 5.41) is 9.04. The van der Waals surface area contributed by atoms with Gasteiger partial charge in [-0.25, -0.2) is 9.07 Å². The van der Waals surface area contributed by atoms with Crippen LogP contribution in [-0.2, 0) is 0 Å². The lowest BCUT2D eigenvalue weighted by atomic mass is 9.46. The molecule has 1 aromatic carbocycles. The molecule has 0 aliphatic heterocycles. The minimum absolute atomic E-state index is 0.212. The summed E-state index contributed by atoms with van der Waals surface area (Å²) in [6.45, 7) is 5.15. The monoisotopic (exact) mass is 419 g/mol. The van der Waals surface area contributed by atoms with Crippen LogP contribution in [0.1, 0.15) is 71.3 Å². The zero-order valence-corrected chi connectivity index (χ0v) is 18.8. The molecule has 2 aromatic rings. The molecule has 4 aliphatic rings. The molecule has 0 bridgehead atoms. The average molecular weight is 420 g/mol. The van der Waals surface area contributed by atoms with Crippen molar-refractivity contribution < 1.29 is 4.39 Å². The summed E-state index contributed by atoms with van der Waals surface area (Å²) in [6.07, 6.45) is 17.6. The Labute approximate surface area is 185 Å². The molecule has 0 radical (unpaired) electrons. The SMILES string of the molecule is C[C@]12CC=CC[C@@H]1CC[C@@H]1[C@@H]2CC[C@@]2(C)[C@H]1CC[C@H]2n1cc(-c2ccc(F)cc2)nn1. The molecular weight excluding hydrogens is 385 g/mol. The van der Waals surface area contributed by atoms with E-state index in [1.807, 2.05) is 0 Å². The third-order valence-electron chi connectivity index (χ3n) is 10.1. The standard InChI is InChI=1S/C27H34FN3/c1-26-15-4-3-5-19(26)8-11-21-22-12-13-25(27(22,2)16-14-23(21)26)31-17-24(29-30-31)18-6-9-20(28)10-7-18/h3-4,6-7,9-10,17,19,21-23,25H,5,8,11-16H2,1-2H3/t19-,21+,22+,23+,25-,26+,27+/m1/s1. The van der Waals surface area contributed by atoms with Crippen molar-refractivity contribution >= 4 is 0 Å². The summed E-state index contributed by atoms with van der Waals surface area (Å²) in [7, 11) is 0. The average Bonchev–Trinajstić information content (AvgIpc) is 3.38. The molecule has 3 fully saturated rings. The second-order valence-corrected chi connectivity index (χ2v) is 11.3. The zero-order valence-electron chi connectivity index (χ0n) is 18.8. The van der Waals surface area contributed by atoms with E-state index in [9.17, 15) is 4.39 Å². The molecule has 164 valence electrons. The van der Waals surface area contributed by atoms with Crippen LogP contribution < -0.4 is 0 Å². The molecule has 3 saturated carbocycles. The van der Waals surface area contributed by atoms with E-state index < -0.39 is 0 Å². The molecule has 7 atom stereocenters. The van der Waals surface area contributed by atoms with Gasteiger partial charge in [-0.1, -0.05) is 31.2 Å². The molecule has 0 unspecified atom stereocenters. The van der Waals surface area contributed by atoms with Crippen molar-refractivity contribution in [2.75, 3.05) is 0 Å². The van der Waals surface area contributed by atoms with Gasteiger partial charge in [0.2, 0.25) is 0 Å². The Bertz CT molecular complexity index is 994. The van der Waals surface area contributed by atoms with E-state index in [-0.39, 0.29) is 5.82 Å². The Hall–Kier alpha value is -1.97. The maximum absolute atomic E-state index is 13.3. The highest BCUT2D eigenvalue weighted by molar-refractivity contribution is 5.57. The van der Waals surface area contributed by atoms with Crippen molar-refractivity contribution in [3.63, 3.8) is 0 Å². The largest absolute Gasteiger partial charge is 0.248 e. The van der Waals surface area contributed by atoms with Gasteiger partial charge in [0.15, 0.2) is 0 Å². The lowest BCUT2D eigenvalue weighted by molar-refractivity contribution is -0.0954. The van der Waals surface area contributed by atoms with Gasteiger partial charge in [0.25, 0.3) is 0 Å². The minimum atomic E-state index is -0.212. The van der Waals surface area contributed by atoms with Crippen LogP contribution in [0, 0.1) is 40.3 Å². The highest BCUT2D eigenvalue weighted by atomic mass is 19.1. The Morgan fingerprint density at radius 1 is 0.935 bits per heavy atom. The summed E-state index contributed by atoms with van der Waals surface area (Å²) in [5.41, 5.74) is 2.61. The normalized spacial score (nSPS) is 41.5. The van der Waals surface area contributed by atoms with Crippen LogP contribution in [0.2, 0.25) is 0 Å². The summed E-state index contributed by atoms with van der Waals surface area (Å²) in [6, 6.07) is 7.02. The lowest BCUT2D eigenvalue weighted by Crippen LogP contribution is -2.52. The first-order valence-electron chi connectivity index (χ1n) is 12.3. The van der Waals surface area contributed by atoms with Crippen LogP contribution in [0.4, 0.5) is 4.39 Å². The maximum Gasteiger partial charge on any atom is 0.123 e. The molecule has 3 nitrogen and oxygen atoms in total. The zero-order chi connectivity index (χ0) is 21.2. The fourth-order valence-corrected chi connectivity index (χ4v) is 8.43. The predicted molar refractivity (Wildman–Crippen MR) is 121 cm³/mol. The number of fused-ring (bicyclic) bond motifs is 5. The topological polar surface area (TPSA) is 30.7 Å². The van der Waals surface area contributed by atoms with E-state index in [1.165, 1.54) is 63.5 Å². The summed E-state index contributed by atoms with van der Waals surface area (Å²) in [5.74, 6) is 3.25. The van der Waals surface area contributed by atoms with Gasteiger partial charge in [0, 0.05) is 5.56 Å². The number of halogens is 1. The lowest BCUT2D eigenvalue weighted by Gasteiger charge is -2.59. The van der Waals surface area contributed by atoms with Crippen LogP contribution in [0.15, 0.2) is 42.6 Å². The highest BCUT2D eigenvalue weighted by Crippen LogP contribution is 2.67. The highest BCUT2D eigenvalue weighted by Gasteiger charge is 2.60. The third kappa shape index (κ3) is 2.89. The van der Waals surface area contributed by atoms with Crippen molar-refractivity contribution in [1.82, 2.24) is 15.0 Å². The fourth-order valence-electron chi connectivity index (χ4n) is 8.43. The number of benzene rings is 1. The van der Waals surface area contributed by atoms with E-state index >= 15 is 0 Å². The predicted octanol–water partition coefficient (Wildman–Crippen LogP) is 6.83. The van der Waals surface area contributed by atoms with Gasteiger partial charge >= 0.3 is 0 Å². The molecule has 4 aliphatic carbocycles. The molecule has 0 N–H and O–H groups in total. The molecule has 1 heterocycles. The van der Waals surface area contributed by atoms with Crippen LogP contribution in [0.5, 0.6) is 0 Å². The van der Waals surface area contributed by atoms with Crippen LogP contribution in [0.3, 0.4) is 0 Å². The number of nitrogens with zero attached hydrogens (tertiary/aromatic N) is 3. The van der Waals surface area contributed by atoms with E-state index in [0.717, 1.165) is 34.9 Å². The molecule has 6 rings (SSSR count). The van der Waals surface area contributed by atoms with Crippen LogP contribution in [-0.4, -0.2) is 15.0 Å². The smallest absolute Gasteiger partial charge is 0.123 e. The second kappa shape index (κ2) is 7.02. The Kier molecular flexibility index (Phi) is 4.46. The summed E-state index contributed by atoms with van der Waals surface area (Å²) < 4.78 is 15.5. The second-order valence-electron chi connectivity index (χ2n) is 11.3. The van der Waals surface area contributed by atoms with Gasteiger partial charge in [-0.3, -0.25) is 0 Å². The number of aromatic nitrogens is 3. The van der Waals surface area contributed by atoms with E-state index in [0.29, 0.717) is 16.9 Å². The Balaban J connectivity index is 1.27. The Morgan fingerprint density at radius 3 is 2.58 bits per heavy atom. The van der Waals surface area contributed by atoms with Gasteiger partial charge in [0.1, 0.15) is 11.5 Å². The maximum atomic E-state index is 13.3. The molecule has 0 saturated heterocycles. The van der Waals surface area contributed by atoms with Crippen LogP contribution >= 0.6 is 0 Å². The number of allylic oxidation sites excluding steroid dienone is 2. The van der Waals surface area contributed by atoms with Gasteiger partial charge in [-0.15, -0.1) is 5.10 Å². The van der Waals surface area contributed by atoms with Gasteiger partial charge in [0.05, 0.1) is 12.2 Å². The molecule has 1 aromatic heterocycles. The quantitative estimate of drug-likeness (QED) is 0.499. The molecule has 4 heteroatoms. The summed E-state index contributed by atoms with van der Waals surface area (Å²) >= 11 is 0. The molecule has 0 amide bonds. The van der Waals surface area contributed by atoms with Gasteiger partial charge < -0.3 is 0 Å². The summed E-state index contributed by atoms with van der Waals surface area (Å²) in [4.78, 5) is 0. The van der Waals surface area contributed by atoms with Crippen molar-refractivity contribution in [1.29, 1.82) is 0 Å². The Morgan fingerprint density at radius 2 is 1.74 bits per heavy atom. The first-order valence-corrected chi connectivity index (χ1v) is 12.3. The van der Waals surface area contributed by atoms with E-state index in [2.05, 4.69) is 47.2 Å². The van der Waals surface area contributed by atoms with E-state index in [4.69, 9.17) is 0 Å². The van der Waals surface area contributed by atoms with Crippen molar-refractivity contribution in [2.24, 2.45) is 34.5 Å². The fraction of sp³-hybridized carbons (Fsp3) is 0.630. The number of hydrogen-bond donors (Lipinski definition) is 0. The minimum Gasteiger partial charge on any atom is -0.248 e. The molecule has 0 spiro atoms. The van der Waals surface area contributed by atoms with Crippen molar-refractivity contribution in [3.8, 4) is 11.3 Å². The molecule has 31 heavy (non-hydrogen) atoms. The number of rotatable bonds is 2. The number of hydrogen-bond acceptors (Lipinski definition) is 2. The van der Waals surface area contributed by atoms with Gasteiger partial charge in [-0.2, -0.15) is 0 Å². The first kappa shape index (κ1) is 19.7. The molecular formula is C27H34FN3. The first-order chi connectivity index (χ1) is 15.0.